The molecular formula is C19H34ClN3O2. The molecule has 5 nitrogen and oxygen atoms in total. The van der Waals surface area contributed by atoms with Crippen molar-refractivity contribution in [1.82, 2.24) is 16.0 Å². The van der Waals surface area contributed by atoms with E-state index >= 15 is 0 Å². The molecule has 2 saturated heterocycles. The van der Waals surface area contributed by atoms with Crippen LogP contribution in [0.2, 0.25) is 0 Å². The predicted octanol–water partition coefficient (Wildman–Crippen LogP) is 1.98. The summed E-state index contributed by atoms with van der Waals surface area (Å²) in [4.78, 5) is 24.8. The molecule has 1 unspecified atom stereocenters. The van der Waals surface area contributed by atoms with Crippen molar-refractivity contribution < 1.29 is 9.59 Å². The molecule has 1 aliphatic carbocycles. The summed E-state index contributed by atoms with van der Waals surface area (Å²) < 4.78 is 0. The molecule has 0 aromatic heterocycles. The summed E-state index contributed by atoms with van der Waals surface area (Å²) in [6, 6.07) is 0.303. The molecule has 2 aliphatic heterocycles. The lowest BCUT2D eigenvalue weighted by molar-refractivity contribution is -0.140. The van der Waals surface area contributed by atoms with Gasteiger partial charge in [0.1, 0.15) is 11.6 Å². The van der Waals surface area contributed by atoms with Gasteiger partial charge < -0.3 is 16.0 Å². The van der Waals surface area contributed by atoms with Crippen LogP contribution in [0.5, 0.6) is 0 Å². The first-order valence-corrected chi connectivity index (χ1v) is 9.82. The summed E-state index contributed by atoms with van der Waals surface area (Å²) in [5, 5.41) is 10.9. The van der Waals surface area contributed by atoms with Crippen LogP contribution in [-0.4, -0.2) is 49.3 Å². The van der Waals surface area contributed by atoms with E-state index in [9.17, 15) is 9.59 Å². The molecule has 0 aromatic rings. The predicted molar refractivity (Wildman–Crippen MR) is 102 cm³/mol. The lowest BCUT2D eigenvalue weighted by atomic mass is 9.65. The Kier molecular flexibility index (Phi) is 7.44. The summed E-state index contributed by atoms with van der Waals surface area (Å²) in [5.74, 6) is 0.615. The van der Waals surface area contributed by atoms with Crippen molar-refractivity contribution in [2.24, 2.45) is 5.41 Å². The molecule has 144 valence electrons. The Morgan fingerprint density at radius 1 is 1.16 bits per heavy atom. The van der Waals surface area contributed by atoms with Gasteiger partial charge in [-0.25, -0.2) is 0 Å². The topological polar surface area (TPSA) is 70.2 Å². The number of unbranched alkanes of at least 4 members (excludes halogenated alkanes) is 1. The number of hydrogen-bond acceptors (Lipinski definition) is 5. The van der Waals surface area contributed by atoms with Crippen molar-refractivity contribution in [2.45, 2.75) is 76.3 Å². The van der Waals surface area contributed by atoms with Gasteiger partial charge in [0.25, 0.3) is 0 Å². The lowest BCUT2D eigenvalue weighted by Crippen LogP contribution is -2.66. The molecular weight excluding hydrogens is 338 g/mol. The molecule has 3 N–H and O–H groups in total. The largest absolute Gasteiger partial charge is 0.317 e. The highest BCUT2D eigenvalue weighted by atomic mass is 35.5. The number of piperidine rings is 1. The second kappa shape index (κ2) is 8.94. The number of rotatable bonds is 5. The molecule has 3 aliphatic rings. The molecule has 0 amide bonds. The number of carbonyl (C=O) groups excluding carboxylic acids is 2. The Morgan fingerprint density at radius 2 is 1.92 bits per heavy atom. The number of hydrogen-bond donors (Lipinski definition) is 3. The molecule has 0 aromatic carbocycles. The minimum atomic E-state index is -0.399. The maximum absolute atomic E-state index is 12.7. The van der Waals surface area contributed by atoms with Gasteiger partial charge in [0.15, 0.2) is 0 Å². The Balaban J connectivity index is 0.00000225. The van der Waals surface area contributed by atoms with Gasteiger partial charge >= 0.3 is 0 Å². The molecule has 2 heterocycles. The first-order valence-electron chi connectivity index (χ1n) is 9.82. The van der Waals surface area contributed by atoms with Crippen LogP contribution < -0.4 is 16.0 Å². The first-order chi connectivity index (χ1) is 11.6. The molecule has 3 rings (SSSR count). The zero-order valence-corrected chi connectivity index (χ0v) is 16.3. The number of piperazine rings is 1. The van der Waals surface area contributed by atoms with Crippen LogP contribution in [0.15, 0.2) is 0 Å². The molecule has 3 fully saturated rings. The minimum Gasteiger partial charge on any atom is -0.317 e. The van der Waals surface area contributed by atoms with Gasteiger partial charge in [-0.15, -0.1) is 12.4 Å². The van der Waals surface area contributed by atoms with Crippen LogP contribution in [0.1, 0.15) is 64.7 Å². The molecule has 6 heteroatoms. The molecule has 25 heavy (non-hydrogen) atoms. The Labute approximate surface area is 157 Å². The summed E-state index contributed by atoms with van der Waals surface area (Å²) in [7, 11) is 0. The summed E-state index contributed by atoms with van der Waals surface area (Å²) in [5.41, 5.74) is -0.173. The normalized spacial score (nSPS) is 32.4. The van der Waals surface area contributed by atoms with Gasteiger partial charge in [0.2, 0.25) is 0 Å². The Morgan fingerprint density at radius 3 is 2.56 bits per heavy atom. The van der Waals surface area contributed by atoms with Crippen LogP contribution in [0.4, 0.5) is 0 Å². The van der Waals surface area contributed by atoms with E-state index in [1.54, 1.807) is 0 Å². The van der Waals surface area contributed by atoms with Crippen LogP contribution in [0, 0.1) is 5.41 Å². The van der Waals surface area contributed by atoms with Crippen LogP contribution in [0.3, 0.4) is 0 Å². The number of ketones is 2. The van der Waals surface area contributed by atoms with E-state index in [2.05, 4.69) is 22.9 Å². The van der Waals surface area contributed by atoms with Crippen molar-refractivity contribution in [1.29, 1.82) is 0 Å². The highest BCUT2D eigenvalue weighted by Gasteiger charge is 2.45. The van der Waals surface area contributed by atoms with E-state index in [0.29, 0.717) is 31.1 Å². The van der Waals surface area contributed by atoms with E-state index < -0.39 is 5.41 Å². The summed E-state index contributed by atoms with van der Waals surface area (Å²) >= 11 is 0. The monoisotopic (exact) mass is 371 g/mol. The van der Waals surface area contributed by atoms with Gasteiger partial charge in [-0.2, -0.15) is 0 Å². The molecule has 1 spiro atoms. The average molecular weight is 372 g/mol. The third-order valence-corrected chi connectivity index (χ3v) is 6.42. The third-order valence-electron chi connectivity index (χ3n) is 6.42. The maximum atomic E-state index is 12.7. The van der Waals surface area contributed by atoms with Crippen LogP contribution >= 0.6 is 12.4 Å². The average Bonchev–Trinajstić information content (AvgIpc) is 2.60. The second-order valence-electron chi connectivity index (χ2n) is 8.22. The lowest BCUT2D eigenvalue weighted by Gasteiger charge is -2.47. The van der Waals surface area contributed by atoms with Crippen molar-refractivity contribution in [2.75, 3.05) is 26.2 Å². The van der Waals surface area contributed by atoms with E-state index in [1.807, 2.05) is 0 Å². The summed E-state index contributed by atoms with van der Waals surface area (Å²) in [6.07, 6.45) is 7.51. The van der Waals surface area contributed by atoms with E-state index in [-0.39, 0.29) is 23.7 Å². The van der Waals surface area contributed by atoms with Gasteiger partial charge in [-0.1, -0.05) is 19.8 Å². The number of halogens is 1. The number of carbonyl (C=O) groups is 2. The third kappa shape index (κ3) is 4.82. The minimum absolute atomic E-state index is 0. The fourth-order valence-electron chi connectivity index (χ4n) is 4.80. The number of nitrogens with one attached hydrogen (secondary N) is 3. The molecule has 2 atom stereocenters. The molecule has 1 saturated carbocycles. The molecule has 0 radical (unpaired) electrons. The van der Waals surface area contributed by atoms with E-state index in [1.165, 1.54) is 0 Å². The van der Waals surface area contributed by atoms with Crippen molar-refractivity contribution in [3.63, 3.8) is 0 Å². The standard InChI is InChI=1S/C19H33N3O2.ClH/c1-2-3-6-18(12-16(23)4-5-17(18)24)11-15-13-22-19(14-21-15)7-9-20-10-8-19;/h15,20-22H,2-14H2,1H3;1H/t15?,18-;/m0./s1. The zero-order chi connectivity index (χ0) is 17.0. The fraction of sp³-hybridized carbons (Fsp3) is 0.895. The van der Waals surface area contributed by atoms with Crippen LogP contribution in [0.25, 0.3) is 0 Å². The fourth-order valence-corrected chi connectivity index (χ4v) is 4.80. The van der Waals surface area contributed by atoms with Crippen molar-refractivity contribution in [3.8, 4) is 0 Å². The highest BCUT2D eigenvalue weighted by molar-refractivity contribution is 5.97. The quantitative estimate of drug-likeness (QED) is 0.689. The van der Waals surface area contributed by atoms with Gasteiger partial charge in [-0.05, 0) is 38.8 Å². The molecule has 0 bridgehead atoms. The first kappa shape index (κ1) is 20.8. The van der Waals surface area contributed by atoms with E-state index in [4.69, 9.17) is 0 Å². The summed E-state index contributed by atoms with van der Waals surface area (Å²) in [6.45, 7) is 6.20. The smallest absolute Gasteiger partial charge is 0.139 e. The van der Waals surface area contributed by atoms with Crippen LogP contribution in [-0.2, 0) is 9.59 Å². The van der Waals surface area contributed by atoms with Crippen molar-refractivity contribution in [3.05, 3.63) is 0 Å². The van der Waals surface area contributed by atoms with Gasteiger partial charge in [-0.3, -0.25) is 9.59 Å². The zero-order valence-electron chi connectivity index (χ0n) is 15.5. The maximum Gasteiger partial charge on any atom is 0.139 e. The second-order valence-corrected chi connectivity index (χ2v) is 8.22. The highest BCUT2D eigenvalue weighted by Crippen LogP contribution is 2.41. The van der Waals surface area contributed by atoms with Gasteiger partial charge in [0.05, 0.1) is 0 Å². The number of Topliss-reactive ketones (excluding diaryl/α,β-unsaturated/α-hetero) is 2. The van der Waals surface area contributed by atoms with Crippen molar-refractivity contribution >= 4 is 24.0 Å². The Hall–Kier alpha value is -0.490. The SMILES string of the molecule is CCCC[C@]1(CC2CNC3(CCNCC3)CN2)CC(=O)CCC1=O.Cl. The van der Waals surface area contributed by atoms with E-state index in [0.717, 1.165) is 64.7 Å². The Bertz CT molecular complexity index is 469. The van der Waals surface area contributed by atoms with Gasteiger partial charge in [0, 0.05) is 49.3 Å².